The van der Waals surface area contributed by atoms with Crippen LogP contribution in [0.3, 0.4) is 0 Å². The normalized spacial score (nSPS) is 15.0. The van der Waals surface area contributed by atoms with Crippen molar-refractivity contribution in [3.8, 4) is 0 Å². The van der Waals surface area contributed by atoms with E-state index in [-0.39, 0.29) is 19.2 Å². The summed E-state index contributed by atoms with van der Waals surface area (Å²) in [6.45, 7) is 7.30. The van der Waals surface area contributed by atoms with Crippen LogP contribution in [0.2, 0.25) is 0 Å². The van der Waals surface area contributed by atoms with E-state index in [4.69, 9.17) is 10.8 Å². The molecule has 1 aromatic rings. The van der Waals surface area contributed by atoms with Crippen LogP contribution in [0, 0.1) is 6.92 Å². The molecular formula is C11H22N4O2. The fourth-order valence-electron chi connectivity index (χ4n) is 1.44. The molecule has 17 heavy (non-hydrogen) atoms. The molecule has 5 N–H and O–H groups in total. The molecule has 0 bridgehead atoms. The van der Waals surface area contributed by atoms with Crippen molar-refractivity contribution in [3.05, 3.63) is 5.69 Å². The van der Waals surface area contributed by atoms with Crippen molar-refractivity contribution in [1.82, 2.24) is 9.78 Å². The molecule has 0 aliphatic heterocycles. The molecule has 98 valence electrons. The van der Waals surface area contributed by atoms with Crippen LogP contribution < -0.4 is 11.1 Å². The highest BCUT2D eigenvalue weighted by atomic mass is 16.3. The third kappa shape index (κ3) is 3.10. The molecule has 0 amide bonds. The Labute approximate surface area is 101 Å². The number of aliphatic hydroxyl groups is 2. The lowest BCUT2D eigenvalue weighted by atomic mass is 10.1. The minimum absolute atomic E-state index is 0.174. The van der Waals surface area contributed by atoms with Crippen LogP contribution >= 0.6 is 0 Å². The number of anilines is 2. The second-order valence-electron chi connectivity index (χ2n) is 4.89. The Morgan fingerprint density at radius 2 is 2.12 bits per heavy atom. The standard InChI is InChI=1S/C11H22N4O2/c1-7(2)15-10(9(12)8(3)14-15)13-5-11(4,17)6-16/h7,13,16-17H,5-6,12H2,1-4H3. The number of hydrogen-bond donors (Lipinski definition) is 4. The number of rotatable bonds is 5. The molecule has 0 spiro atoms. The van der Waals surface area contributed by atoms with Crippen molar-refractivity contribution < 1.29 is 10.2 Å². The molecule has 1 heterocycles. The highest BCUT2D eigenvalue weighted by molar-refractivity contribution is 5.65. The van der Waals surface area contributed by atoms with Gasteiger partial charge in [-0.1, -0.05) is 0 Å². The van der Waals surface area contributed by atoms with Gasteiger partial charge in [0, 0.05) is 12.6 Å². The molecule has 1 atom stereocenters. The van der Waals surface area contributed by atoms with Crippen LogP contribution in [-0.2, 0) is 0 Å². The van der Waals surface area contributed by atoms with E-state index in [0.29, 0.717) is 11.5 Å². The second kappa shape index (κ2) is 4.93. The minimum Gasteiger partial charge on any atom is -0.394 e. The number of nitrogen functional groups attached to an aromatic ring is 1. The predicted octanol–water partition coefficient (Wildman–Crippen LogP) is 0.510. The van der Waals surface area contributed by atoms with Gasteiger partial charge < -0.3 is 21.3 Å². The lowest BCUT2D eigenvalue weighted by Gasteiger charge is -2.22. The number of aliphatic hydroxyl groups excluding tert-OH is 1. The van der Waals surface area contributed by atoms with Gasteiger partial charge in [-0.2, -0.15) is 5.10 Å². The van der Waals surface area contributed by atoms with E-state index in [0.717, 1.165) is 5.69 Å². The van der Waals surface area contributed by atoms with Crippen LogP contribution in [0.4, 0.5) is 11.5 Å². The van der Waals surface area contributed by atoms with E-state index >= 15 is 0 Å². The van der Waals surface area contributed by atoms with E-state index in [1.165, 1.54) is 0 Å². The van der Waals surface area contributed by atoms with Crippen molar-refractivity contribution in [2.75, 3.05) is 24.2 Å². The summed E-state index contributed by atoms with van der Waals surface area (Å²) < 4.78 is 1.78. The molecule has 1 rings (SSSR count). The van der Waals surface area contributed by atoms with Crippen LogP contribution in [0.15, 0.2) is 0 Å². The molecular weight excluding hydrogens is 220 g/mol. The Morgan fingerprint density at radius 3 is 2.59 bits per heavy atom. The number of nitrogens with two attached hydrogens (primary N) is 1. The van der Waals surface area contributed by atoms with Gasteiger partial charge in [0.05, 0.1) is 18.0 Å². The predicted molar refractivity (Wildman–Crippen MR) is 68.0 cm³/mol. The summed E-state index contributed by atoms with van der Waals surface area (Å²) in [6, 6.07) is 0.174. The SMILES string of the molecule is Cc1nn(C(C)C)c(NCC(C)(O)CO)c1N. The molecule has 0 aromatic carbocycles. The number of nitrogens with zero attached hydrogens (tertiary/aromatic N) is 2. The maximum absolute atomic E-state index is 9.73. The van der Waals surface area contributed by atoms with Crippen molar-refractivity contribution in [1.29, 1.82) is 0 Å². The fraction of sp³-hybridized carbons (Fsp3) is 0.727. The highest BCUT2D eigenvalue weighted by Crippen LogP contribution is 2.25. The molecule has 0 aliphatic carbocycles. The Kier molecular flexibility index (Phi) is 4.00. The Bertz CT molecular complexity index is 385. The molecule has 0 saturated heterocycles. The van der Waals surface area contributed by atoms with Crippen molar-refractivity contribution >= 4 is 11.5 Å². The molecule has 6 heteroatoms. The van der Waals surface area contributed by atoms with Gasteiger partial charge >= 0.3 is 0 Å². The van der Waals surface area contributed by atoms with Crippen LogP contribution in [0.25, 0.3) is 0 Å². The zero-order valence-electron chi connectivity index (χ0n) is 10.9. The summed E-state index contributed by atoms with van der Waals surface area (Å²) in [6.07, 6.45) is 0. The van der Waals surface area contributed by atoms with Crippen molar-refractivity contribution in [2.24, 2.45) is 0 Å². The van der Waals surface area contributed by atoms with E-state index in [9.17, 15) is 5.11 Å². The number of nitrogens with one attached hydrogen (secondary N) is 1. The summed E-state index contributed by atoms with van der Waals surface area (Å²) in [4.78, 5) is 0. The first-order valence-corrected chi connectivity index (χ1v) is 5.70. The van der Waals surface area contributed by atoms with Gasteiger partial charge in [0.15, 0.2) is 0 Å². The van der Waals surface area contributed by atoms with Crippen LogP contribution in [-0.4, -0.2) is 38.7 Å². The van der Waals surface area contributed by atoms with Crippen molar-refractivity contribution in [3.63, 3.8) is 0 Å². The van der Waals surface area contributed by atoms with Gasteiger partial charge in [0.25, 0.3) is 0 Å². The molecule has 0 aliphatic rings. The molecule has 1 unspecified atom stereocenters. The minimum atomic E-state index is -1.17. The summed E-state index contributed by atoms with van der Waals surface area (Å²) in [7, 11) is 0. The zero-order chi connectivity index (χ0) is 13.2. The van der Waals surface area contributed by atoms with Gasteiger partial charge in [0.2, 0.25) is 0 Å². The van der Waals surface area contributed by atoms with E-state index in [1.807, 2.05) is 20.8 Å². The lowest BCUT2D eigenvalue weighted by Crippen LogP contribution is -2.37. The average molecular weight is 242 g/mol. The summed E-state index contributed by atoms with van der Waals surface area (Å²) >= 11 is 0. The first-order chi connectivity index (χ1) is 7.78. The van der Waals surface area contributed by atoms with E-state index in [2.05, 4.69) is 10.4 Å². The maximum Gasteiger partial charge on any atom is 0.148 e. The maximum atomic E-state index is 9.73. The third-order valence-corrected chi connectivity index (χ3v) is 2.60. The van der Waals surface area contributed by atoms with E-state index in [1.54, 1.807) is 11.6 Å². The molecule has 1 aromatic heterocycles. The van der Waals surface area contributed by atoms with Crippen molar-refractivity contribution in [2.45, 2.75) is 39.3 Å². The largest absolute Gasteiger partial charge is 0.394 e. The first kappa shape index (κ1) is 13.8. The monoisotopic (exact) mass is 242 g/mol. The van der Waals surface area contributed by atoms with Crippen LogP contribution in [0.5, 0.6) is 0 Å². The Hall–Kier alpha value is -1.27. The van der Waals surface area contributed by atoms with Gasteiger partial charge in [0.1, 0.15) is 11.4 Å². The van der Waals surface area contributed by atoms with Gasteiger partial charge in [-0.25, -0.2) is 4.68 Å². The molecule has 0 radical (unpaired) electrons. The summed E-state index contributed by atoms with van der Waals surface area (Å²) in [5.41, 5.74) is 6.08. The van der Waals surface area contributed by atoms with Gasteiger partial charge in [-0.3, -0.25) is 0 Å². The van der Waals surface area contributed by atoms with Gasteiger partial charge in [-0.15, -0.1) is 0 Å². The number of aryl methyl sites for hydroxylation is 1. The van der Waals surface area contributed by atoms with E-state index < -0.39 is 5.60 Å². The Morgan fingerprint density at radius 1 is 1.53 bits per heavy atom. The number of aromatic nitrogens is 2. The average Bonchev–Trinajstić information content (AvgIpc) is 2.53. The number of hydrogen-bond acceptors (Lipinski definition) is 5. The lowest BCUT2D eigenvalue weighted by molar-refractivity contribution is 0.0131. The topological polar surface area (TPSA) is 96.3 Å². The first-order valence-electron chi connectivity index (χ1n) is 5.70. The van der Waals surface area contributed by atoms with Gasteiger partial charge in [-0.05, 0) is 27.7 Å². The highest BCUT2D eigenvalue weighted by Gasteiger charge is 2.21. The fourth-order valence-corrected chi connectivity index (χ4v) is 1.44. The second-order valence-corrected chi connectivity index (χ2v) is 4.89. The quantitative estimate of drug-likeness (QED) is 0.603. The molecule has 6 nitrogen and oxygen atoms in total. The smallest absolute Gasteiger partial charge is 0.148 e. The molecule has 0 fully saturated rings. The zero-order valence-corrected chi connectivity index (χ0v) is 10.9. The summed E-state index contributed by atoms with van der Waals surface area (Å²) in [5.74, 6) is 0.686. The third-order valence-electron chi connectivity index (χ3n) is 2.60. The van der Waals surface area contributed by atoms with Crippen LogP contribution in [0.1, 0.15) is 32.5 Å². The Balaban J connectivity index is 2.90. The molecule has 0 saturated carbocycles. The summed E-state index contributed by atoms with van der Waals surface area (Å²) in [5, 5.41) is 26.1.